The van der Waals surface area contributed by atoms with Crippen LogP contribution in [0.5, 0.6) is 5.75 Å². The number of hydrogen-bond donors (Lipinski definition) is 0. The van der Waals surface area contributed by atoms with Crippen LogP contribution in [0.4, 0.5) is 0 Å². The molecule has 0 aliphatic heterocycles. The van der Waals surface area contributed by atoms with E-state index in [9.17, 15) is 0 Å². The van der Waals surface area contributed by atoms with Crippen molar-refractivity contribution in [2.24, 2.45) is 0 Å². The van der Waals surface area contributed by atoms with Gasteiger partial charge in [-0.05, 0) is 36.1 Å². The molecule has 0 atom stereocenters. The van der Waals surface area contributed by atoms with E-state index in [1.54, 1.807) is 7.11 Å². The normalized spacial score (nSPS) is 11.9. The number of hydrogen-bond acceptors (Lipinski definition) is 2. The van der Waals surface area contributed by atoms with Crippen molar-refractivity contribution in [2.45, 2.75) is 32.6 Å². The lowest BCUT2D eigenvalue weighted by atomic mass is 9.85. The SMILES string of the molecule is COc1ccc(C(C)(C)C)cc1CCN(C)CCl. The van der Waals surface area contributed by atoms with Crippen molar-refractivity contribution in [3.05, 3.63) is 29.3 Å². The van der Waals surface area contributed by atoms with Gasteiger partial charge in [-0.15, -0.1) is 11.6 Å². The Bertz CT molecular complexity index is 385. The van der Waals surface area contributed by atoms with Gasteiger partial charge in [-0.1, -0.05) is 32.9 Å². The predicted octanol–water partition coefficient (Wildman–Crippen LogP) is 3.66. The quantitative estimate of drug-likeness (QED) is 0.597. The Labute approximate surface area is 116 Å². The molecule has 1 aromatic carbocycles. The van der Waals surface area contributed by atoms with Crippen molar-refractivity contribution >= 4 is 11.6 Å². The van der Waals surface area contributed by atoms with Gasteiger partial charge in [0.15, 0.2) is 0 Å². The number of alkyl halides is 1. The third kappa shape index (κ3) is 4.18. The van der Waals surface area contributed by atoms with Gasteiger partial charge in [0.2, 0.25) is 0 Å². The van der Waals surface area contributed by atoms with Crippen molar-refractivity contribution in [2.75, 3.05) is 26.7 Å². The van der Waals surface area contributed by atoms with Crippen LogP contribution in [0.15, 0.2) is 18.2 Å². The minimum absolute atomic E-state index is 0.166. The average molecular weight is 270 g/mol. The summed E-state index contributed by atoms with van der Waals surface area (Å²) >= 11 is 5.79. The Kier molecular flexibility index (Phi) is 5.48. The third-order valence-electron chi connectivity index (χ3n) is 3.11. The topological polar surface area (TPSA) is 12.5 Å². The van der Waals surface area contributed by atoms with Gasteiger partial charge < -0.3 is 4.74 Å². The molecule has 0 unspecified atom stereocenters. The molecule has 2 nitrogen and oxygen atoms in total. The highest BCUT2D eigenvalue weighted by atomic mass is 35.5. The first-order valence-electron chi connectivity index (χ1n) is 6.30. The molecule has 0 saturated heterocycles. The fraction of sp³-hybridized carbons (Fsp3) is 0.600. The number of nitrogens with zero attached hydrogens (tertiary/aromatic N) is 1. The minimum atomic E-state index is 0.166. The second-order valence-electron chi connectivity index (χ2n) is 5.73. The molecule has 1 aromatic rings. The summed E-state index contributed by atoms with van der Waals surface area (Å²) in [7, 11) is 3.74. The van der Waals surface area contributed by atoms with Crippen LogP contribution in [0.25, 0.3) is 0 Å². The highest BCUT2D eigenvalue weighted by Gasteiger charge is 2.15. The van der Waals surface area contributed by atoms with Crippen LogP contribution in [-0.2, 0) is 11.8 Å². The monoisotopic (exact) mass is 269 g/mol. The summed E-state index contributed by atoms with van der Waals surface area (Å²) in [6, 6.07) is 7.02. The van der Waals surface area contributed by atoms with E-state index >= 15 is 0 Å². The van der Waals surface area contributed by atoms with Crippen LogP contribution >= 0.6 is 11.6 Å². The maximum Gasteiger partial charge on any atom is 0.122 e. The molecule has 0 saturated carbocycles. The van der Waals surface area contributed by atoms with Gasteiger partial charge in [0.1, 0.15) is 5.75 Å². The standard InChI is InChI=1S/C15H24ClNO/c1-15(2,3)13-6-7-14(18-5)12(10-13)8-9-17(4)11-16/h6-7,10H,8-9,11H2,1-5H3. The summed E-state index contributed by atoms with van der Waals surface area (Å²) in [5.74, 6) is 0.964. The van der Waals surface area contributed by atoms with E-state index in [0.717, 1.165) is 18.7 Å². The Morgan fingerprint density at radius 3 is 2.44 bits per heavy atom. The van der Waals surface area contributed by atoms with Crippen LogP contribution in [0.1, 0.15) is 31.9 Å². The summed E-state index contributed by atoms with van der Waals surface area (Å²) < 4.78 is 5.43. The van der Waals surface area contributed by atoms with E-state index in [2.05, 4.69) is 43.9 Å². The first-order valence-corrected chi connectivity index (χ1v) is 6.84. The Morgan fingerprint density at radius 1 is 1.28 bits per heavy atom. The molecule has 0 fully saturated rings. The van der Waals surface area contributed by atoms with Crippen LogP contribution < -0.4 is 4.74 Å². The average Bonchev–Trinajstić information content (AvgIpc) is 2.34. The minimum Gasteiger partial charge on any atom is -0.496 e. The van der Waals surface area contributed by atoms with Crippen LogP contribution in [0.2, 0.25) is 0 Å². The molecule has 0 aliphatic carbocycles. The molecule has 18 heavy (non-hydrogen) atoms. The van der Waals surface area contributed by atoms with Gasteiger partial charge in [0, 0.05) is 6.54 Å². The molecule has 0 spiro atoms. The molecule has 0 radical (unpaired) electrons. The molecule has 0 N–H and O–H groups in total. The van der Waals surface area contributed by atoms with Gasteiger partial charge >= 0.3 is 0 Å². The molecule has 0 amide bonds. The lowest BCUT2D eigenvalue weighted by molar-refractivity contribution is 0.381. The van der Waals surface area contributed by atoms with Crippen LogP contribution in [0, 0.1) is 0 Å². The number of benzene rings is 1. The van der Waals surface area contributed by atoms with Gasteiger partial charge in [0.25, 0.3) is 0 Å². The highest BCUT2D eigenvalue weighted by molar-refractivity contribution is 6.17. The first kappa shape index (κ1) is 15.3. The van der Waals surface area contributed by atoms with Gasteiger partial charge in [-0.25, -0.2) is 0 Å². The van der Waals surface area contributed by atoms with Crippen molar-refractivity contribution in [3.63, 3.8) is 0 Å². The molecular formula is C15H24ClNO. The number of methoxy groups -OCH3 is 1. The molecular weight excluding hydrogens is 246 g/mol. The Balaban J connectivity index is 2.92. The molecule has 0 bridgehead atoms. The highest BCUT2D eigenvalue weighted by Crippen LogP contribution is 2.28. The Hall–Kier alpha value is -0.730. The zero-order valence-corrected chi connectivity index (χ0v) is 12.8. The van der Waals surface area contributed by atoms with Crippen LogP contribution in [0.3, 0.4) is 0 Å². The van der Waals surface area contributed by atoms with E-state index in [4.69, 9.17) is 16.3 Å². The fourth-order valence-electron chi connectivity index (χ4n) is 1.81. The number of likely N-dealkylation sites (N-methyl/N-ethyl adjacent to an activating group) is 1. The maximum absolute atomic E-state index is 5.79. The van der Waals surface area contributed by atoms with Crippen molar-refractivity contribution < 1.29 is 4.74 Å². The third-order valence-corrected chi connectivity index (χ3v) is 3.52. The van der Waals surface area contributed by atoms with Crippen molar-refractivity contribution in [1.29, 1.82) is 0 Å². The predicted molar refractivity (Wildman–Crippen MR) is 78.7 cm³/mol. The fourth-order valence-corrected chi connectivity index (χ4v) is 1.93. The lowest BCUT2D eigenvalue weighted by Crippen LogP contribution is -2.20. The summed E-state index contributed by atoms with van der Waals surface area (Å²) in [6.45, 7) is 7.61. The summed E-state index contributed by atoms with van der Waals surface area (Å²) in [5, 5.41) is 0. The van der Waals surface area contributed by atoms with E-state index in [-0.39, 0.29) is 5.41 Å². The van der Waals surface area contributed by atoms with E-state index < -0.39 is 0 Å². The molecule has 102 valence electrons. The number of ether oxygens (including phenoxy) is 1. The van der Waals surface area contributed by atoms with E-state index in [1.807, 2.05) is 7.05 Å². The second kappa shape index (κ2) is 6.44. The second-order valence-corrected chi connectivity index (χ2v) is 5.96. The lowest BCUT2D eigenvalue weighted by Gasteiger charge is -2.22. The van der Waals surface area contributed by atoms with Gasteiger partial charge in [0.05, 0.1) is 13.1 Å². The van der Waals surface area contributed by atoms with Gasteiger partial charge in [-0.3, -0.25) is 4.90 Å². The summed E-state index contributed by atoms with van der Waals surface area (Å²) in [4.78, 5) is 2.09. The smallest absolute Gasteiger partial charge is 0.122 e. The first-order chi connectivity index (χ1) is 8.38. The summed E-state index contributed by atoms with van der Waals surface area (Å²) in [5.41, 5.74) is 2.76. The van der Waals surface area contributed by atoms with Crippen molar-refractivity contribution in [1.82, 2.24) is 4.90 Å². The maximum atomic E-state index is 5.79. The van der Waals surface area contributed by atoms with Crippen molar-refractivity contribution in [3.8, 4) is 5.75 Å². The molecule has 1 rings (SSSR count). The largest absolute Gasteiger partial charge is 0.496 e. The molecule has 0 heterocycles. The van der Waals surface area contributed by atoms with E-state index in [1.165, 1.54) is 11.1 Å². The molecule has 0 aromatic heterocycles. The van der Waals surface area contributed by atoms with E-state index in [0.29, 0.717) is 6.00 Å². The Morgan fingerprint density at radius 2 is 1.94 bits per heavy atom. The zero-order chi connectivity index (χ0) is 13.8. The van der Waals surface area contributed by atoms with Gasteiger partial charge in [-0.2, -0.15) is 0 Å². The van der Waals surface area contributed by atoms with Crippen LogP contribution in [-0.4, -0.2) is 31.6 Å². The number of halogens is 1. The summed E-state index contributed by atoms with van der Waals surface area (Å²) in [6.07, 6.45) is 0.955. The number of rotatable bonds is 5. The zero-order valence-electron chi connectivity index (χ0n) is 12.1. The molecule has 0 aliphatic rings. The molecule has 3 heteroatoms.